The van der Waals surface area contributed by atoms with E-state index in [1.807, 2.05) is 12.1 Å². The molecule has 0 saturated heterocycles. The number of rotatable bonds is 0. The predicted molar refractivity (Wildman–Crippen MR) is 58.6 cm³/mol. The average Bonchev–Trinajstić information content (AvgIpc) is 2.26. The van der Waals surface area contributed by atoms with E-state index in [2.05, 4.69) is 36.6 Å². The molecule has 0 aromatic heterocycles. The largest absolute Gasteiger partial charge is 0.417 e. The van der Waals surface area contributed by atoms with Crippen LogP contribution in [0, 0.1) is 6.26 Å². The first-order chi connectivity index (χ1) is 6.93. The quantitative estimate of drug-likeness (QED) is 0.599. The monoisotopic (exact) mass is 199 g/mol. The first-order valence-electron chi connectivity index (χ1n) is 4.38. The third-order valence-corrected chi connectivity index (χ3v) is 2.98. The molecular weight excluding hydrogens is 192 g/mol. The molecule has 0 bridgehead atoms. The predicted octanol–water partition coefficient (Wildman–Crippen LogP) is 3.65. The normalized spacial score (nSPS) is 13.7. The average molecular weight is 199 g/mol. The van der Waals surface area contributed by atoms with Crippen LogP contribution in [0.2, 0.25) is 0 Å². The van der Waals surface area contributed by atoms with Gasteiger partial charge in [0, 0.05) is 0 Å². The summed E-state index contributed by atoms with van der Waals surface area (Å²) in [7, 11) is 0. The summed E-state index contributed by atoms with van der Waals surface area (Å²) in [5, 5.41) is 2.50. The lowest BCUT2D eigenvalue weighted by Crippen LogP contribution is -1.86. The van der Waals surface area contributed by atoms with Gasteiger partial charge in [0.2, 0.25) is 0 Å². The summed E-state index contributed by atoms with van der Waals surface area (Å²) in [6.45, 7) is 0. The van der Waals surface area contributed by atoms with Crippen LogP contribution in [0.5, 0.6) is 0 Å². The van der Waals surface area contributed by atoms with Crippen LogP contribution in [0.15, 0.2) is 41.3 Å². The molecule has 0 amide bonds. The highest BCUT2D eigenvalue weighted by Crippen LogP contribution is 2.32. The molecule has 2 aromatic carbocycles. The first kappa shape index (κ1) is 7.94. The van der Waals surface area contributed by atoms with Crippen molar-refractivity contribution in [2.75, 3.05) is 0 Å². The highest BCUT2D eigenvalue weighted by molar-refractivity contribution is 7.94. The van der Waals surface area contributed by atoms with Crippen molar-refractivity contribution in [2.24, 2.45) is 0 Å². The fourth-order valence-corrected chi connectivity index (χ4v) is 2.15. The molecule has 0 atom stereocenters. The van der Waals surface area contributed by atoms with Crippen molar-refractivity contribution in [3.63, 3.8) is 0 Å². The van der Waals surface area contributed by atoms with E-state index in [0.717, 1.165) is 4.90 Å². The fraction of sp³-hybridized carbons (Fsp3) is 0. The Labute approximate surface area is 86.6 Å². The Morgan fingerprint density at radius 1 is 1.07 bits per heavy atom. The number of hydrogen-bond donors (Lipinski definition) is 0. The fourth-order valence-electron chi connectivity index (χ4n) is 1.58. The SMILES string of the molecule is [C]1=Cc2cc3ccccc3cc2SO1. The number of hydrogen-bond acceptors (Lipinski definition) is 2. The van der Waals surface area contributed by atoms with Crippen molar-refractivity contribution in [2.45, 2.75) is 4.90 Å². The Balaban J connectivity index is 2.34. The van der Waals surface area contributed by atoms with Gasteiger partial charge >= 0.3 is 0 Å². The molecule has 1 radical (unpaired) electrons. The van der Waals surface area contributed by atoms with Crippen molar-refractivity contribution in [1.29, 1.82) is 0 Å². The van der Waals surface area contributed by atoms with E-state index in [4.69, 9.17) is 4.18 Å². The minimum atomic E-state index is 1.16. The molecule has 2 heteroatoms. The minimum absolute atomic E-state index is 1.16. The van der Waals surface area contributed by atoms with E-state index in [1.54, 1.807) is 0 Å². The summed E-state index contributed by atoms with van der Waals surface area (Å²) in [5.41, 5.74) is 1.18. The lowest BCUT2D eigenvalue weighted by atomic mass is 10.1. The van der Waals surface area contributed by atoms with Crippen LogP contribution in [-0.4, -0.2) is 0 Å². The van der Waals surface area contributed by atoms with E-state index in [-0.39, 0.29) is 0 Å². The second-order valence-corrected chi connectivity index (χ2v) is 3.94. The van der Waals surface area contributed by atoms with Crippen LogP contribution in [0.4, 0.5) is 0 Å². The molecule has 1 heterocycles. The maximum atomic E-state index is 5.06. The molecule has 3 rings (SSSR count). The van der Waals surface area contributed by atoms with Crippen molar-refractivity contribution in [3.8, 4) is 0 Å². The summed E-state index contributed by atoms with van der Waals surface area (Å²) in [4.78, 5) is 1.16. The summed E-state index contributed by atoms with van der Waals surface area (Å²) in [6, 6.07) is 12.6. The molecule has 0 fully saturated rings. The summed E-state index contributed by atoms with van der Waals surface area (Å²) in [6.07, 6.45) is 4.62. The van der Waals surface area contributed by atoms with Gasteiger partial charge in [-0.05, 0) is 34.5 Å². The zero-order chi connectivity index (χ0) is 9.38. The molecule has 2 aromatic rings. The molecule has 0 spiro atoms. The third-order valence-electron chi connectivity index (χ3n) is 2.27. The van der Waals surface area contributed by atoms with Gasteiger partial charge in [0.05, 0.1) is 16.9 Å². The van der Waals surface area contributed by atoms with E-state index in [1.165, 1.54) is 28.4 Å². The van der Waals surface area contributed by atoms with Crippen molar-refractivity contribution >= 4 is 28.9 Å². The Hall–Kier alpha value is -1.41. The molecule has 1 aliphatic heterocycles. The Morgan fingerprint density at radius 3 is 2.71 bits per heavy atom. The van der Waals surface area contributed by atoms with Gasteiger partial charge in [-0.15, -0.1) is 0 Å². The zero-order valence-electron chi connectivity index (χ0n) is 7.36. The first-order valence-corrected chi connectivity index (χ1v) is 5.13. The van der Waals surface area contributed by atoms with Crippen LogP contribution in [0.25, 0.3) is 16.8 Å². The Kier molecular flexibility index (Phi) is 1.74. The zero-order valence-corrected chi connectivity index (χ0v) is 8.17. The topological polar surface area (TPSA) is 9.23 Å². The molecule has 1 nitrogen and oxygen atoms in total. The minimum Gasteiger partial charge on any atom is -0.417 e. The van der Waals surface area contributed by atoms with Gasteiger partial charge < -0.3 is 4.18 Å². The Morgan fingerprint density at radius 2 is 1.86 bits per heavy atom. The van der Waals surface area contributed by atoms with Crippen molar-refractivity contribution in [1.82, 2.24) is 0 Å². The second kappa shape index (κ2) is 3.07. The van der Waals surface area contributed by atoms with Crippen molar-refractivity contribution < 1.29 is 4.18 Å². The van der Waals surface area contributed by atoms with Gasteiger partial charge in [0.15, 0.2) is 6.26 Å². The molecular formula is C12H7OS. The van der Waals surface area contributed by atoms with Crippen LogP contribution in [0.1, 0.15) is 5.56 Å². The summed E-state index contributed by atoms with van der Waals surface area (Å²) < 4.78 is 5.06. The smallest absolute Gasteiger partial charge is 0.181 e. The van der Waals surface area contributed by atoms with Gasteiger partial charge in [-0.2, -0.15) is 0 Å². The van der Waals surface area contributed by atoms with E-state index >= 15 is 0 Å². The van der Waals surface area contributed by atoms with Gasteiger partial charge in [0.1, 0.15) is 0 Å². The van der Waals surface area contributed by atoms with Gasteiger partial charge in [-0.1, -0.05) is 24.3 Å². The van der Waals surface area contributed by atoms with Crippen LogP contribution < -0.4 is 0 Å². The van der Waals surface area contributed by atoms with Gasteiger partial charge in [-0.25, -0.2) is 0 Å². The molecule has 1 aliphatic rings. The lowest BCUT2D eigenvalue weighted by molar-refractivity contribution is 0.534. The summed E-state index contributed by atoms with van der Waals surface area (Å²) >= 11 is 1.36. The van der Waals surface area contributed by atoms with Crippen molar-refractivity contribution in [3.05, 3.63) is 48.2 Å². The highest BCUT2D eigenvalue weighted by atomic mass is 32.2. The van der Waals surface area contributed by atoms with Crippen LogP contribution >= 0.6 is 12.0 Å². The summed E-state index contributed by atoms with van der Waals surface area (Å²) in [5.74, 6) is 0. The van der Waals surface area contributed by atoms with Crippen LogP contribution in [-0.2, 0) is 4.18 Å². The van der Waals surface area contributed by atoms with Crippen LogP contribution in [0.3, 0.4) is 0 Å². The third kappa shape index (κ3) is 1.19. The van der Waals surface area contributed by atoms with E-state index in [9.17, 15) is 0 Å². The number of fused-ring (bicyclic) bond motifs is 2. The van der Waals surface area contributed by atoms with E-state index in [0.29, 0.717) is 0 Å². The Bertz CT molecular complexity index is 517. The maximum Gasteiger partial charge on any atom is 0.181 e. The maximum absolute atomic E-state index is 5.06. The van der Waals surface area contributed by atoms with Gasteiger partial charge in [0.25, 0.3) is 0 Å². The molecule has 67 valence electrons. The molecule has 0 N–H and O–H groups in total. The molecule has 0 saturated carbocycles. The highest BCUT2D eigenvalue weighted by Gasteiger charge is 2.07. The molecule has 14 heavy (non-hydrogen) atoms. The molecule has 0 unspecified atom stereocenters. The number of benzene rings is 2. The lowest BCUT2D eigenvalue weighted by Gasteiger charge is -2.09. The molecule has 0 aliphatic carbocycles. The van der Waals surface area contributed by atoms with E-state index < -0.39 is 0 Å². The van der Waals surface area contributed by atoms with Gasteiger partial charge in [-0.3, -0.25) is 0 Å². The second-order valence-electron chi connectivity index (χ2n) is 3.17. The standard InChI is InChI=1S/C12H7OS/c1-2-4-10-8-12-11(5-6-13-14-12)7-9(10)3-1/h1-5,7-8H.